The van der Waals surface area contributed by atoms with Gasteiger partial charge < -0.3 is 14.4 Å². The van der Waals surface area contributed by atoms with Crippen LogP contribution < -0.4 is 14.2 Å². The predicted octanol–water partition coefficient (Wildman–Crippen LogP) is 5.74. The topological polar surface area (TPSA) is 107 Å². The molecule has 9 nitrogen and oxygen atoms in total. The number of benzene rings is 2. The molecule has 210 valence electrons. The van der Waals surface area contributed by atoms with Crippen LogP contribution in [0.2, 0.25) is 10.0 Å². The van der Waals surface area contributed by atoms with E-state index in [-0.39, 0.29) is 23.2 Å². The first kappa shape index (κ1) is 28.4. The van der Waals surface area contributed by atoms with Gasteiger partial charge >= 0.3 is 0 Å². The normalized spacial score (nSPS) is 14.8. The monoisotopic (exact) mass is 601 g/mol. The van der Waals surface area contributed by atoms with E-state index < -0.39 is 10.0 Å². The van der Waals surface area contributed by atoms with Gasteiger partial charge in [0.15, 0.2) is 0 Å². The molecule has 4 aromatic rings. The van der Waals surface area contributed by atoms with Crippen LogP contribution in [0.15, 0.2) is 59.8 Å². The van der Waals surface area contributed by atoms with E-state index in [1.807, 2.05) is 12.1 Å². The van der Waals surface area contributed by atoms with Crippen LogP contribution in [0.4, 0.5) is 5.82 Å². The zero-order valence-electron chi connectivity index (χ0n) is 22.1. The number of nitrogens with zero attached hydrogens (tertiary/aromatic N) is 4. The second kappa shape index (κ2) is 12.1. The highest BCUT2D eigenvalue weighted by Gasteiger charge is 2.23. The molecule has 1 aliphatic rings. The molecule has 5 rings (SSSR count). The van der Waals surface area contributed by atoms with Gasteiger partial charge in [0.05, 0.1) is 28.2 Å². The number of nitrogens with one attached hydrogen (secondary N) is 1. The molecule has 0 bridgehead atoms. The fourth-order valence-corrected chi connectivity index (χ4v) is 6.13. The summed E-state index contributed by atoms with van der Waals surface area (Å²) in [6, 6.07) is 11.7. The highest BCUT2D eigenvalue weighted by Crippen LogP contribution is 2.31. The Morgan fingerprint density at radius 2 is 1.82 bits per heavy atom. The number of sulfonamides is 1. The Bertz CT molecular complexity index is 1630. The average molecular weight is 603 g/mol. The van der Waals surface area contributed by atoms with Gasteiger partial charge in [0.2, 0.25) is 5.82 Å². The number of anilines is 1. The lowest BCUT2D eigenvalue weighted by atomic mass is 9.98. The van der Waals surface area contributed by atoms with Crippen LogP contribution in [0.25, 0.3) is 11.0 Å². The molecule has 1 fully saturated rings. The standard InChI is InChI=1S/C28H29Cl2N5O4S/c1-18-21(29)4-3-5-26(18)40(36,37)34-27-28(33-24-15-31-11-8-23(24)32-27)39-17-20-6-7-22(30)25(14-20)38-16-19-9-12-35(2)13-10-19/h3-8,11,14-15,19H,9-10,12-13,16-17H2,1-2H3,(H,32,34). The molecule has 3 heterocycles. The highest BCUT2D eigenvalue weighted by atomic mass is 35.5. The number of hydrogen-bond donors (Lipinski definition) is 1. The Labute approximate surface area is 243 Å². The first-order valence-electron chi connectivity index (χ1n) is 12.8. The number of pyridine rings is 1. The summed E-state index contributed by atoms with van der Waals surface area (Å²) in [5.41, 5.74) is 2.11. The predicted molar refractivity (Wildman–Crippen MR) is 156 cm³/mol. The fourth-order valence-electron chi connectivity index (χ4n) is 4.45. The van der Waals surface area contributed by atoms with Crippen molar-refractivity contribution in [2.45, 2.75) is 31.3 Å². The Kier molecular flexibility index (Phi) is 8.60. The van der Waals surface area contributed by atoms with Gasteiger partial charge in [0.1, 0.15) is 17.9 Å². The van der Waals surface area contributed by atoms with E-state index in [2.05, 4.69) is 31.6 Å². The molecule has 1 aliphatic heterocycles. The Morgan fingerprint density at radius 3 is 2.62 bits per heavy atom. The van der Waals surface area contributed by atoms with Gasteiger partial charge in [0, 0.05) is 11.2 Å². The van der Waals surface area contributed by atoms with E-state index in [0.717, 1.165) is 31.5 Å². The molecule has 2 aromatic carbocycles. The lowest BCUT2D eigenvalue weighted by Crippen LogP contribution is -2.32. The molecule has 0 radical (unpaired) electrons. The third kappa shape index (κ3) is 6.58. The quantitative estimate of drug-likeness (QED) is 0.259. The molecule has 0 atom stereocenters. The molecular formula is C28H29Cl2N5O4S. The number of rotatable bonds is 9. The zero-order chi connectivity index (χ0) is 28.3. The minimum atomic E-state index is -4.05. The third-order valence-corrected chi connectivity index (χ3v) is 9.06. The maximum absolute atomic E-state index is 13.3. The molecule has 0 spiro atoms. The number of fused-ring (bicyclic) bond motifs is 1. The number of likely N-dealkylation sites (tertiary alicyclic amines) is 1. The van der Waals surface area contributed by atoms with Crippen LogP contribution in [0.5, 0.6) is 11.6 Å². The smallest absolute Gasteiger partial charge is 0.263 e. The molecule has 1 N–H and O–H groups in total. The van der Waals surface area contributed by atoms with E-state index in [0.29, 0.717) is 44.9 Å². The van der Waals surface area contributed by atoms with E-state index in [9.17, 15) is 8.42 Å². The van der Waals surface area contributed by atoms with Gasteiger partial charge in [0.25, 0.3) is 15.9 Å². The SMILES string of the molecule is Cc1c(Cl)cccc1S(=O)(=O)Nc1nc2ccncc2nc1OCc1ccc(Cl)c(OCC2CCN(C)CC2)c1. The van der Waals surface area contributed by atoms with Gasteiger partial charge in [-0.1, -0.05) is 35.3 Å². The van der Waals surface area contributed by atoms with Crippen LogP contribution in [0.1, 0.15) is 24.0 Å². The second-order valence-electron chi connectivity index (χ2n) is 9.82. The number of hydrogen-bond acceptors (Lipinski definition) is 8. The van der Waals surface area contributed by atoms with Gasteiger partial charge in [-0.25, -0.2) is 18.4 Å². The molecule has 0 aliphatic carbocycles. The van der Waals surface area contributed by atoms with Crippen molar-refractivity contribution >= 4 is 50.1 Å². The molecule has 0 unspecified atom stereocenters. The van der Waals surface area contributed by atoms with Crippen molar-refractivity contribution < 1.29 is 17.9 Å². The lowest BCUT2D eigenvalue weighted by Gasteiger charge is -2.28. The summed E-state index contributed by atoms with van der Waals surface area (Å²) in [7, 11) is -1.92. The van der Waals surface area contributed by atoms with Crippen LogP contribution >= 0.6 is 23.2 Å². The third-order valence-electron chi connectivity index (χ3n) is 6.86. The van der Waals surface area contributed by atoms with E-state index >= 15 is 0 Å². The van der Waals surface area contributed by atoms with Crippen molar-refractivity contribution in [3.63, 3.8) is 0 Å². The summed E-state index contributed by atoms with van der Waals surface area (Å²) in [5.74, 6) is 1.01. The Morgan fingerprint density at radius 1 is 1.02 bits per heavy atom. The van der Waals surface area contributed by atoms with Gasteiger partial charge in [-0.05, 0) is 87.3 Å². The number of halogens is 2. The summed E-state index contributed by atoms with van der Waals surface area (Å²) in [6.45, 7) is 4.42. The van der Waals surface area contributed by atoms with Crippen molar-refractivity contribution in [2.24, 2.45) is 5.92 Å². The van der Waals surface area contributed by atoms with E-state index in [1.54, 1.807) is 37.4 Å². The van der Waals surface area contributed by atoms with Crippen molar-refractivity contribution in [3.8, 4) is 11.6 Å². The molecule has 12 heteroatoms. The maximum atomic E-state index is 13.3. The molecule has 2 aromatic heterocycles. The average Bonchev–Trinajstić information content (AvgIpc) is 2.94. The first-order chi connectivity index (χ1) is 19.2. The number of ether oxygens (including phenoxy) is 2. The number of piperidine rings is 1. The van der Waals surface area contributed by atoms with Crippen LogP contribution in [-0.2, 0) is 16.6 Å². The van der Waals surface area contributed by atoms with Crippen molar-refractivity contribution in [3.05, 3.63) is 76.0 Å². The van der Waals surface area contributed by atoms with Gasteiger partial charge in [-0.3, -0.25) is 9.71 Å². The van der Waals surface area contributed by atoms with Gasteiger partial charge in [-0.2, -0.15) is 0 Å². The minimum absolute atomic E-state index is 0.00694. The highest BCUT2D eigenvalue weighted by molar-refractivity contribution is 7.92. The van der Waals surface area contributed by atoms with Crippen molar-refractivity contribution in [2.75, 3.05) is 31.5 Å². The summed E-state index contributed by atoms with van der Waals surface area (Å²) in [4.78, 5) is 15.4. The summed E-state index contributed by atoms with van der Waals surface area (Å²) in [5, 5.41) is 0.852. The minimum Gasteiger partial charge on any atom is -0.492 e. The summed E-state index contributed by atoms with van der Waals surface area (Å²) in [6.07, 6.45) is 5.25. The number of aromatic nitrogens is 3. The summed E-state index contributed by atoms with van der Waals surface area (Å²) < 4.78 is 41.2. The van der Waals surface area contributed by atoms with E-state index in [1.165, 1.54) is 12.3 Å². The zero-order valence-corrected chi connectivity index (χ0v) is 24.4. The van der Waals surface area contributed by atoms with E-state index in [4.69, 9.17) is 32.7 Å². The van der Waals surface area contributed by atoms with Crippen molar-refractivity contribution in [1.82, 2.24) is 19.9 Å². The largest absolute Gasteiger partial charge is 0.492 e. The molecule has 40 heavy (non-hydrogen) atoms. The molecule has 0 amide bonds. The molecule has 1 saturated heterocycles. The fraction of sp³-hybridized carbons (Fsp3) is 0.321. The molecule has 0 saturated carbocycles. The van der Waals surface area contributed by atoms with Crippen LogP contribution in [-0.4, -0.2) is 55.0 Å². The second-order valence-corrected chi connectivity index (χ2v) is 12.3. The molecular weight excluding hydrogens is 573 g/mol. The maximum Gasteiger partial charge on any atom is 0.263 e. The first-order valence-corrected chi connectivity index (χ1v) is 15.1. The van der Waals surface area contributed by atoms with Gasteiger partial charge in [-0.15, -0.1) is 0 Å². The summed E-state index contributed by atoms with van der Waals surface area (Å²) >= 11 is 12.6. The van der Waals surface area contributed by atoms with Crippen molar-refractivity contribution in [1.29, 1.82) is 0 Å². The Hall–Kier alpha value is -3.18. The van der Waals surface area contributed by atoms with Crippen LogP contribution in [0.3, 0.4) is 0 Å². The van der Waals surface area contributed by atoms with Crippen LogP contribution in [0, 0.1) is 12.8 Å². The Balaban J connectivity index is 1.37. The lowest BCUT2D eigenvalue weighted by molar-refractivity contribution is 0.160.